The molecule has 1 aromatic rings. The maximum absolute atomic E-state index is 9.29. The molecule has 0 spiro atoms. The molecule has 1 aliphatic carbocycles. The van der Waals surface area contributed by atoms with Gasteiger partial charge in [0.15, 0.2) is 0 Å². The SMILES string of the molecule is COc1c(C)cc(Cl)c(C)c1C1(C#N)CC1. The Labute approximate surface area is 101 Å². The summed E-state index contributed by atoms with van der Waals surface area (Å²) in [5.41, 5.74) is 2.60. The molecule has 3 heteroatoms. The standard InChI is InChI=1S/C13H14ClNO/c1-8-6-10(14)9(2)11(12(8)16-3)13(7-15)4-5-13/h6H,4-5H2,1-3H3. The molecule has 0 bridgehead atoms. The average molecular weight is 236 g/mol. The highest BCUT2D eigenvalue weighted by atomic mass is 35.5. The first-order valence-electron chi connectivity index (χ1n) is 5.31. The number of aryl methyl sites for hydroxylation is 1. The van der Waals surface area contributed by atoms with Crippen LogP contribution in [0.4, 0.5) is 0 Å². The van der Waals surface area contributed by atoms with Gasteiger partial charge in [0.05, 0.1) is 18.6 Å². The van der Waals surface area contributed by atoms with Crippen LogP contribution in [-0.4, -0.2) is 7.11 Å². The van der Waals surface area contributed by atoms with Crippen molar-refractivity contribution in [2.45, 2.75) is 32.1 Å². The maximum Gasteiger partial charge on any atom is 0.126 e. The third-order valence-electron chi connectivity index (χ3n) is 3.31. The van der Waals surface area contributed by atoms with E-state index < -0.39 is 0 Å². The molecule has 0 amide bonds. The molecular weight excluding hydrogens is 222 g/mol. The molecule has 1 aliphatic rings. The van der Waals surface area contributed by atoms with Gasteiger partial charge in [-0.2, -0.15) is 5.26 Å². The van der Waals surface area contributed by atoms with Crippen molar-refractivity contribution in [3.8, 4) is 11.8 Å². The zero-order chi connectivity index (χ0) is 11.9. The lowest BCUT2D eigenvalue weighted by atomic mass is 9.90. The second-order valence-electron chi connectivity index (χ2n) is 4.40. The Morgan fingerprint density at radius 2 is 2.06 bits per heavy atom. The minimum Gasteiger partial charge on any atom is -0.496 e. The number of halogens is 1. The van der Waals surface area contributed by atoms with E-state index in [0.29, 0.717) is 0 Å². The van der Waals surface area contributed by atoms with Gasteiger partial charge in [0.2, 0.25) is 0 Å². The number of hydrogen-bond donors (Lipinski definition) is 0. The van der Waals surface area contributed by atoms with E-state index in [-0.39, 0.29) is 5.41 Å². The number of ether oxygens (including phenoxy) is 1. The number of nitriles is 1. The first-order chi connectivity index (χ1) is 7.55. The zero-order valence-corrected chi connectivity index (χ0v) is 10.5. The zero-order valence-electron chi connectivity index (χ0n) is 9.72. The fourth-order valence-electron chi connectivity index (χ4n) is 2.23. The lowest BCUT2D eigenvalue weighted by Crippen LogP contribution is -2.09. The van der Waals surface area contributed by atoms with Gasteiger partial charge in [0, 0.05) is 10.6 Å². The van der Waals surface area contributed by atoms with E-state index in [9.17, 15) is 5.26 Å². The number of methoxy groups -OCH3 is 1. The minimum atomic E-state index is -0.356. The molecule has 0 N–H and O–H groups in total. The summed E-state index contributed by atoms with van der Waals surface area (Å²) in [4.78, 5) is 0. The van der Waals surface area contributed by atoms with Gasteiger partial charge in [0.25, 0.3) is 0 Å². The molecule has 1 aromatic carbocycles. The second kappa shape index (κ2) is 3.68. The van der Waals surface area contributed by atoms with Crippen molar-refractivity contribution in [3.05, 3.63) is 27.8 Å². The summed E-state index contributed by atoms with van der Waals surface area (Å²) in [5.74, 6) is 0.820. The summed E-state index contributed by atoms with van der Waals surface area (Å²) < 4.78 is 5.43. The predicted octanol–water partition coefficient (Wildman–Crippen LogP) is 3.52. The molecule has 1 fully saturated rings. The van der Waals surface area contributed by atoms with Crippen LogP contribution in [-0.2, 0) is 5.41 Å². The van der Waals surface area contributed by atoms with Crippen molar-refractivity contribution in [1.82, 2.24) is 0 Å². The van der Waals surface area contributed by atoms with E-state index in [1.807, 2.05) is 19.9 Å². The molecule has 16 heavy (non-hydrogen) atoms. The molecule has 0 saturated heterocycles. The molecule has 2 rings (SSSR count). The van der Waals surface area contributed by atoms with Crippen molar-refractivity contribution in [3.63, 3.8) is 0 Å². The van der Waals surface area contributed by atoms with Crippen LogP contribution in [0.5, 0.6) is 5.75 Å². The quantitative estimate of drug-likeness (QED) is 0.786. The molecule has 2 nitrogen and oxygen atoms in total. The normalized spacial score (nSPS) is 16.7. The molecule has 0 unspecified atom stereocenters. The van der Waals surface area contributed by atoms with Gasteiger partial charge < -0.3 is 4.74 Å². The lowest BCUT2D eigenvalue weighted by Gasteiger charge is -2.18. The van der Waals surface area contributed by atoms with E-state index >= 15 is 0 Å². The Bertz CT molecular complexity index is 484. The Morgan fingerprint density at radius 1 is 1.44 bits per heavy atom. The van der Waals surface area contributed by atoms with E-state index in [1.54, 1.807) is 7.11 Å². The summed E-state index contributed by atoms with van der Waals surface area (Å²) in [7, 11) is 1.65. The Hall–Kier alpha value is -1.20. The molecule has 0 radical (unpaired) electrons. The van der Waals surface area contributed by atoms with Gasteiger partial charge in [-0.05, 0) is 43.9 Å². The number of benzene rings is 1. The minimum absolute atomic E-state index is 0.356. The van der Waals surface area contributed by atoms with Gasteiger partial charge in [-0.15, -0.1) is 0 Å². The maximum atomic E-state index is 9.29. The van der Waals surface area contributed by atoms with Crippen molar-refractivity contribution in [2.24, 2.45) is 0 Å². The second-order valence-corrected chi connectivity index (χ2v) is 4.81. The predicted molar refractivity (Wildman–Crippen MR) is 64.0 cm³/mol. The van der Waals surface area contributed by atoms with E-state index in [1.165, 1.54) is 0 Å². The van der Waals surface area contributed by atoms with Crippen LogP contribution in [0.2, 0.25) is 5.02 Å². The molecule has 0 aromatic heterocycles. The van der Waals surface area contributed by atoms with Crippen LogP contribution in [0.3, 0.4) is 0 Å². The number of nitrogens with zero attached hydrogens (tertiary/aromatic N) is 1. The van der Waals surface area contributed by atoms with Gasteiger partial charge in [-0.25, -0.2) is 0 Å². The van der Waals surface area contributed by atoms with Crippen molar-refractivity contribution in [1.29, 1.82) is 5.26 Å². The highest BCUT2D eigenvalue weighted by Gasteiger charge is 2.48. The largest absolute Gasteiger partial charge is 0.496 e. The van der Waals surface area contributed by atoms with Crippen LogP contribution in [0.1, 0.15) is 29.5 Å². The third-order valence-corrected chi connectivity index (χ3v) is 3.70. The molecule has 1 saturated carbocycles. The molecule has 0 atom stereocenters. The van der Waals surface area contributed by atoms with Crippen molar-refractivity contribution < 1.29 is 4.74 Å². The highest BCUT2D eigenvalue weighted by Crippen LogP contribution is 2.53. The van der Waals surface area contributed by atoms with Gasteiger partial charge in [0.1, 0.15) is 5.75 Å². The summed E-state index contributed by atoms with van der Waals surface area (Å²) >= 11 is 6.17. The van der Waals surface area contributed by atoms with E-state index in [4.69, 9.17) is 16.3 Å². The summed E-state index contributed by atoms with van der Waals surface area (Å²) in [6, 6.07) is 4.30. The topological polar surface area (TPSA) is 33.0 Å². The fourth-order valence-corrected chi connectivity index (χ4v) is 2.49. The Kier molecular flexibility index (Phi) is 2.59. The van der Waals surface area contributed by atoms with Gasteiger partial charge >= 0.3 is 0 Å². The van der Waals surface area contributed by atoms with Crippen LogP contribution in [0.25, 0.3) is 0 Å². The first-order valence-corrected chi connectivity index (χ1v) is 5.69. The Balaban J connectivity index is 2.72. The van der Waals surface area contributed by atoms with Crippen molar-refractivity contribution >= 4 is 11.6 Å². The van der Waals surface area contributed by atoms with Crippen LogP contribution in [0, 0.1) is 25.2 Å². The average Bonchev–Trinajstić information content (AvgIpc) is 3.03. The van der Waals surface area contributed by atoms with Crippen LogP contribution >= 0.6 is 11.6 Å². The summed E-state index contributed by atoms with van der Waals surface area (Å²) in [6.07, 6.45) is 1.81. The third kappa shape index (κ3) is 1.47. The van der Waals surface area contributed by atoms with Crippen LogP contribution < -0.4 is 4.74 Å². The van der Waals surface area contributed by atoms with Crippen LogP contribution in [0.15, 0.2) is 6.07 Å². The monoisotopic (exact) mass is 235 g/mol. The van der Waals surface area contributed by atoms with Crippen molar-refractivity contribution in [2.75, 3.05) is 7.11 Å². The van der Waals surface area contributed by atoms with Gasteiger partial charge in [-0.1, -0.05) is 11.6 Å². The van der Waals surface area contributed by atoms with E-state index in [2.05, 4.69) is 6.07 Å². The summed E-state index contributed by atoms with van der Waals surface area (Å²) in [5, 5.41) is 10.0. The molecule has 0 aliphatic heterocycles. The molecule has 84 valence electrons. The summed E-state index contributed by atoms with van der Waals surface area (Å²) in [6.45, 7) is 3.91. The highest BCUT2D eigenvalue weighted by molar-refractivity contribution is 6.31. The first kappa shape index (κ1) is 11.3. The molecule has 0 heterocycles. The lowest BCUT2D eigenvalue weighted by molar-refractivity contribution is 0.404. The Morgan fingerprint density at radius 3 is 2.50 bits per heavy atom. The van der Waals surface area contributed by atoms with Gasteiger partial charge in [-0.3, -0.25) is 0 Å². The number of hydrogen-bond acceptors (Lipinski definition) is 2. The number of rotatable bonds is 2. The smallest absolute Gasteiger partial charge is 0.126 e. The molecular formula is C13H14ClNO. The van der Waals surface area contributed by atoms with E-state index in [0.717, 1.165) is 40.3 Å². The fraction of sp³-hybridized carbons (Fsp3) is 0.462.